The van der Waals surface area contributed by atoms with Crippen LogP contribution in [0.2, 0.25) is 0 Å². The molecule has 3 heterocycles. The van der Waals surface area contributed by atoms with Crippen molar-refractivity contribution in [1.82, 2.24) is 14.8 Å². The first-order chi connectivity index (χ1) is 10.8. The fourth-order valence-corrected chi connectivity index (χ4v) is 4.15. The van der Waals surface area contributed by atoms with Gasteiger partial charge in [-0.15, -0.1) is 0 Å². The van der Waals surface area contributed by atoms with Gasteiger partial charge in [0, 0.05) is 31.2 Å². The number of hydrogen-bond donors (Lipinski definition) is 0. The molecule has 1 atom stereocenters. The highest BCUT2D eigenvalue weighted by Crippen LogP contribution is 2.40. The van der Waals surface area contributed by atoms with Crippen LogP contribution in [0.15, 0.2) is 24.4 Å². The van der Waals surface area contributed by atoms with Crippen molar-refractivity contribution in [2.45, 2.75) is 50.6 Å². The van der Waals surface area contributed by atoms with E-state index in [9.17, 15) is 4.79 Å². The molecular formula is C18H25N3O. The van der Waals surface area contributed by atoms with Crippen molar-refractivity contribution in [3.05, 3.63) is 30.1 Å². The first kappa shape index (κ1) is 14.2. The zero-order valence-corrected chi connectivity index (χ0v) is 13.2. The summed E-state index contributed by atoms with van der Waals surface area (Å²) in [6.07, 6.45) is 9.05. The molecule has 1 aromatic heterocycles. The molecule has 4 rings (SSSR count). The summed E-state index contributed by atoms with van der Waals surface area (Å²) in [6, 6.07) is 5.94. The Morgan fingerprint density at radius 2 is 2.18 bits per heavy atom. The van der Waals surface area contributed by atoms with Crippen LogP contribution < -0.4 is 0 Å². The summed E-state index contributed by atoms with van der Waals surface area (Å²) in [7, 11) is 0. The molecule has 2 saturated heterocycles. The molecule has 2 aliphatic heterocycles. The van der Waals surface area contributed by atoms with Crippen LogP contribution in [0, 0.1) is 5.92 Å². The molecule has 4 heteroatoms. The number of carbonyl (C=O) groups excluding carboxylic acids is 1. The molecule has 3 fully saturated rings. The van der Waals surface area contributed by atoms with Gasteiger partial charge in [0.1, 0.15) is 0 Å². The lowest BCUT2D eigenvalue weighted by molar-refractivity contribution is -0.128. The first-order valence-electron chi connectivity index (χ1n) is 8.68. The predicted octanol–water partition coefficient (Wildman–Crippen LogP) is 2.45. The third-order valence-electron chi connectivity index (χ3n) is 5.56. The molecule has 4 nitrogen and oxygen atoms in total. The smallest absolute Gasteiger partial charge is 0.224 e. The van der Waals surface area contributed by atoms with Gasteiger partial charge in [-0.2, -0.15) is 0 Å². The van der Waals surface area contributed by atoms with Gasteiger partial charge in [0.15, 0.2) is 0 Å². The van der Waals surface area contributed by atoms with Gasteiger partial charge in [0.2, 0.25) is 5.91 Å². The van der Waals surface area contributed by atoms with E-state index in [2.05, 4.69) is 9.88 Å². The number of likely N-dealkylation sites (tertiary alicyclic amines) is 2. The van der Waals surface area contributed by atoms with E-state index in [0.717, 1.165) is 18.2 Å². The summed E-state index contributed by atoms with van der Waals surface area (Å²) in [4.78, 5) is 21.6. The standard InChI is InChI=1S/C18H25N3O/c22-17-11-18(8-2-4-10-21(18)12-15-6-7-15)14-20(17)13-16-5-1-3-9-19-16/h1,3,5,9,15H,2,4,6-8,10-14H2. The summed E-state index contributed by atoms with van der Waals surface area (Å²) in [6.45, 7) is 3.96. The van der Waals surface area contributed by atoms with Gasteiger partial charge >= 0.3 is 0 Å². The van der Waals surface area contributed by atoms with E-state index in [1.807, 2.05) is 29.3 Å². The van der Waals surface area contributed by atoms with Gasteiger partial charge in [-0.1, -0.05) is 12.5 Å². The lowest BCUT2D eigenvalue weighted by Gasteiger charge is -2.44. The zero-order valence-electron chi connectivity index (χ0n) is 13.2. The average Bonchev–Trinajstić information content (AvgIpc) is 3.29. The minimum Gasteiger partial charge on any atom is -0.335 e. The maximum atomic E-state index is 12.6. The molecule has 1 spiro atoms. The zero-order chi connectivity index (χ0) is 15.0. The Morgan fingerprint density at radius 3 is 2.95 bits per heavy atom. The molecule has 0 N–H and O–H groups in total. The summed E-state index contributed by atoms with van der Waals surface area (Å²) in [5.41, 5.74) is 1.12. The van der Waals surface area contributed by atoms with Crippen molar-refractivity contribution >= 4 is 5.91 Å². The Balaban J connectivity index is 1.49. The normalized spacial score (nSPS) is 29.5. The van der Waals surface area contributed by atoms with Crippen LogP contribution in [0.3, 0.4) is 0 Å². The minimum absolute atomic E-state index is 0.118. The van der Waals surface area contributed by atoms with Crippen LogP contribution in [0.1, 0.15) is 44.2 Å². The van der Waals surface area contributed by atoms with Gasteiger partial charge in [0.05, 0.1) is 12.2 Å². The number of aromatic nitrogens is 1. The second kappa shape index (κ2) is 5.65. The Kier molecular flexibility index (Phi) is 3.65. The van der Waals surface area contributed by atoms with Gasteiger partial charge < -0.3 is 4.90 Å². The van der Waals surface area contributed by atoms with Crippen LogP contribution >= 0.6 is 0 Å². The molecular weight excluding hydrogens is 274 g/mol. The fourth-order valence-electron chi connectivity index (χ4n) is 4.15. The third kappa shape index (κ3) is 2.76. The van der Waals surface area contributed by atoms with Crippen molar-refractivity contribution in [3.63, 3.8) is 0 Å². The first-order valence-corrected chi connectivity index (χ1v) is 8.68. The van der Waals surface area contributed by atoms with Crippen LogP contribution in [0.5, 0.6) is 0 Å². The number of carbonyl (C=O) groups is 1. The van der Waals surface area contributed by atoms with E-state index in [4.69, 9.17) is 0 Å². The summed E-state index contributed by atoms with van der Waals surface area (Å²) < 4.78 is 0. The topological polar surface area (TPSA) is 36.4 Å². The summed E-state index contributed by atoms with van der Waals surface area (Å²) in [5, 5.41) is 0. The lowest BCUT2D eigenvalue weighted by atomic mass is 9.85. The van der Waals surface area contributed by atoms with E-state index in [-0.39, 0.29) is 5.54 Å². The highest BCUT2D eigenvalue weighted by atomic mass is 16.2. The predicted molar refractivity (Wildman–Crippen MR) is 85.2 cm³/mol. The summed E-state index contributed by atoms with van der Waals surface area (Å²) >= 11 is 0. The van der Waals surface area contributed by atoms with Crippen molar-refractivity contribution in [2.24, 2.45) is 5.92 Å². The van der Waals surface area contributed by atoms with Crippen molar-refractivity contribution < 1.29 is 4.79 Å². The molecule has 1 aliphatic carbocycles. The maximum absolute atomic E-state index is 12.6. The Bertz CT molecular complexity index is 543. The number of pyridine rings is 1. The molecule has 118 valence electrons. The van der Waals surface area contributed by atoms with E-state index >= 15 is 0 Å². The van der Waals surface area contributed by atoms with Crippen LogP contribution in [-0.4, -0.2) is 45.9 Å². The number of piperidine rings is 1. The second-order valence-electron chi connectivity index (χ2n) is 7.32. The monoisotopic (exact) mass is 299 g/mol. The lowest BCUT2D eigenvalue weighted by Crippen LogP contribution is -2.54. The summed E-state index contributed by atoms with van der Waals surface area (Å²) in [5.74, 6) is 1.21. The molecule has 1 aromatic rings. The molecule has 0 radical (unpaired) electrons. The Labute approximate surface area is 132 Å². The molecule has 3 aliphatic rings. The molecule has 1 saturated carbocycles. The van der Waals surface area contributed by atoms with Gasteiger partial charge in [0.25, 0.3) is 0 Å². The van der Waals surface area contributed by atoms with Gasteiger partial charge in [-0.25, -0.2) is 0 Å². The Hall–Kier alpha value is -1.42. The largest absolute Gasteiger partial charge is 0.335 e. The van der Waals surface area contributed by atoms with Crippen LogP contribution in [-0.2, 0) is 11.3 Å². The SMILES string of the molecule is O=C1CC2(CCCCN2CC2CC2)CN1Cc1ccccn1. The number of amides is 1. The van der Waals surface area contributed by atoms with E-state index in [1.54, 1.807) is 0 Å². The fraction of sp³-hybridized carbons (Fsp3) is 0.667. The van der Waals surface area contributed by atoms with Crippen LogP contribution in [0.25, 0.3) is 0 Å². The van der Waals surface area contributed by atoms with E-state index in [1.165, 1.54) is 45.2 Å². The Morgan fingerprint density at radius 1 is 1.27 bits per heavy atom. The second-order valence-corrected chi connectivity index (χ2v) is 7.32. The molecule has 0 bridgehead atoms. The quantitative estimate of drug-likeness (QED) is 0.857. The van der Waals surface area contributed by atoms with E-state index < -0.39 is 0 Å². The molecule has 1 amide bonds. The van der Waals surface area contributed by atoms with Gasteiger partial charge in [-0.3, -0.25) is 14.7 Å². The highest BCUT2D eigenvalue weighted by Gasteiger charge is 2.49. The van der Waals surface area contributed by atoms with Crippen LogP contribution in [0.4, 0.5) is 0 Å². The number of nitrogens with zero attached hydrogens (tertiary/aromatic N) is 3. The highest BCUT2D eigenvalue weighted by molar-refractivity contribution is 5.80. The average molecular weight is 299 g/mol. The van der Waals surface area contributed by atoms with Crippen molar-refractivity contribution in [2.75, 3.05) is 19.6 Å². The van der Waals surface area contributed by atoms with E-state index in [0.29, 0.717) is 18.9 Å². The number of rotatable bonds is 4. The third-order valence-corrected chi connectivity index (χ3v) is 5.56. The molecule has 1 unspecified atom stereocenters. The minimum atomic E-state index is 0.118. The van der Waals surface area contributed by atoms with Crippen molar-refractivity contribution in [3.8, 4) is 0 Å². The number of hydrogen-bond acceptors (Lipinski definition) is 3. The van der Waals surface area contributed by atoms with Crippen molar-refractivity contribution in [1.29, 1.82) is 0 Å². The molecule has 22 heavy (non-hydrogen) atoms. The van der Waals surface area contributed by atoms with Gasteiger partial charge in [-0.05, 0) is 50.3 Å². The molecule has 0 aromatic carbocycles. The maximum Gasteiger partial charge on any atom is 0.224 e.